The maximum atomic E-state index is 2.38. The Bertz CT molecular complexity index is 4670. The van der Waals surface area contributed by atoms with E-state index in [9.17, 15) is 0 Å². The second-order valence-electron chi connectivity index (χ2n) is 21.7. The topological polar surface area (TPSA) is 16.3 Å². The van der Waals surface area contributed by atoms with Gasteiger partial charge in [0, 0.05) is 86.6 Å². The fraction of sp³-hybridized carbons (Fsp3) is 0. The number of rotatable bonds is 13. The van der Waals surface area contributed by atoms with E-state index in [2.05, 4.69) is 347 Å². The molecule has 0 N–H and O–H groups in total. The predicted molar refractivity (Wildman–Crippen MR) is 367 cm³/mol. The summed E-state index contributed by atoms with van der Waals surface area (Å²) >= 11 is 3.66. The first-order valence-corrected chi connectivity index (χ1v) is 30.8. The minimum absolute atomic E-state index is 1.07. The third kappa shape index (κ3) is 9.25. The lowest BCUT2D eigenvalue weighted by molar-refractivity contribution is 1.17. The summed E-state index contributed by atoms with van der Waals surface area (Å²) in [5.41, 5.74) is 20.6. The largest absolute Gasteiger partial charge is 0.311 e. The van der Waals surface area contributed by atoms with Crippen LogP contribution in [0.25, 0.3) is 108 Å². The predicted octanol–water partition coefficient (Wildman–Crippen LogP) is 23.3. The maximum Gasteiger partial charge on any atom is 0.0541 e. The fourth-order valence-electron chi connectivity index (χ4n) is 12.5. The highest BCUT2D eigenvalue weighted by atomic mass is 32.1. The van der Waals surface area contributed by atoms with Gasteiger partial charge in [-0.3, -0.25) is 0 Å². The smallest absolute Gasteiger partial charge is 0.0541 e. The van der Waals surface area contributed by atoms with Gasteiger partial charge in [0.1, 0.15) is 0 Å². The lowest BCUT2D eigenvalue weighted by Gasteiger charge is -2.27. The van der Waals surface area contributed by atoms with Gasteiger partial charge in [-0.15, -0.1) is 22.7 Å². The van der Waals surface area contributed by atoms with E-state index in [-0.39, 0.29) is 0 Å². The molecule has 406 valence electrons. The Morgan fingerprint density at radius 3 is 0.686 bits per heavy atom. The number of fused-ring (bicyclic) bond motifs is 6. The first kappa shape index (κ1) is 50.9. The van der Waals surface area contributed by atoms with E-state index in [0.717, 1.165) is 56.6 Å². The fourth-order valence-corrected chi connectivity index (χ4v) is 14.5. The summed E-state index contributed by atoms with van der Waals surface area (Å²) in [4.78, 5) is 9.76. The van der Waals surface area contributed by atoms with Crippen LogP contribution in [0.4, 0.5) is 34.1 Å². The quantitative estimate of drug-likeness (QED) is 0.114. The average Bonchev–Trinajstić information content (AvgIpc) is 3.41. The van der Waals surface area contributed by atoms with Crippen molar-refractivity contribution in [2.45, 2.75) is 0 Å². The molecule has 0 unspecified atom stereocenters. The Morgan fingerprint density at radius 2 is 0.407 bits per heavy atom. The highest BCUT2D eigenvalue weighted by molar-refractivity contribution is 7.19. The molecule has 6 heteroatoms. The molecule has 16 rings (SSSR count). The molecule has 16 aromatic rings. The van der Waals surface area contributed by atoms with Gasteiger partial charge in [0.15, 0.2) is 0 Å². The number of anilines is 6. The van der Waals surface area contributed by atoms with Gasteiger partial charge in [-0.05, 0) is 179 Å². The summed E-state index contributed by atoms with van der Waals surface area (Å²) in [6, 6.07) is 119. The number of aromatic nitrogens is 2. The number of benzene rings is 12. The summed E-state index contributed by atoms with van der Waals surface area (Å²) < 4.78 is 4.76. The van der Waals surface area contributed by atoms with Crippen molar-refractivity contribution in [3.8, 4) is 64.3 Å². The van der Waals surface area contributed by atoms with Crippen molar-refractivity contribution < 1.29 is 0 Å². The summed E-state index contributed by atoms with van der Waals surface area (Å²) in [6.07, 6.45) is 0. The summed E-state index contributed by atoms with van der Waals surface area (Å²) in [5, 5.41) is 5.00. The normalized spacial score (nSPS) is 11.5. The van der Waals surface area contributed by atoms with Gasteiger partial charge in [-0.1, -0.05) is 182 Å². The van der Waals surface area contributed by atoms with Crippen LogP contribution < -0.4 is 9.80 Å². The molecule has 0 saturated heterocycles. The van der Waals surface area contributed by atoms with Crippen LogP contribution in [0, 0.1) is 0 Å². The van der Waals surface area contributed by atoms with Crippen molar-refractivity contribution in [1.29, 1.82) is 0 Å². The van der Waals surface area contributed by atoms with Crippen LogP contribution in [0.3, 0.4) is 0 Å². The van der Waals surface area contributed by atoms with E-state index < -0.39 is 0 Å². The van der Waals surface area contributed by atoms with Crippen LogP contribution >= 0.6 is 22.7 Å². The van der Waals surface area contributed by atoms with Gasteiger partial charge in [0.25, 0.3) is 0 Å². The highest BCUT2D eigenvalue weighted by Gasteiger charge is 2.20. The van der Waals surface area contributed by atoms with E-state index in [1.165, 1.54) is 85.4 Å². The highest BCUT2D eigenvalue weighted by Crippen LogP contribution is 2.44. The Hall–Kier alpha value is -10.8. The minimum atomic E-state index is 1.07. The van der Waals surface area contributed by atoms with Gasteiger partial charge in [0.05, 0.1) is 22.1 Å². The molecule has 0 aliphatic heterocycles. The molecule has 4 heterocycles. The van der Waals surface area contributed by atoms with E-state index in [4.69, 9.17) is 0 Å². The lowest BCUT2D eigenvalue weighted by atomic mass is 10.0. The second kappa shape index (κ2) is 21.8. The van der Waals surface area contributed by atoms with Crippen molar-refractivity contribution in [1.82, 2.24) is 9.13 Å². The SMILES string of the molecule is c1ccc(-c2ccc(-c3ccc(N(c4ccc(-c5ccc(N(c6ccc(-n7c8ccccc8c8ccccc87)cc6)c6ccc(-n7c8ccccc8c8ccccc87)cc6)cc5)cc4)c4ccc(-c5ccc(-c6ccccc6)s5)cc4)cc3)s2)cc1. The molecule has 4 nitrogen and oxygen atoms in total. The third-order valence-corrected chi connectivity index (χ3v) is 19.0. The third-order valence-electron chi connectivity index (χ3n) is 16.6. The number of nitrogens with zero attached hydrogens (tertiary/aromatic N) is 4. The Labute approximate surface area is 507 Å². The van der Waals surface area contributed by atoms with Crippen molar-refractivity contribution in [2.75, 3.05) is 9.80 Å². The van der Waals surface area contributed by atoms with Gasteiger partial charge in [-0.2, -0.15) is 0 Å². The molecule has 86 heavy (non-hydrogen) atoms. The van der Waals surface area contributed by atoms with Crippen molar-refractivity contribution >= 4 is 100 Å². The Kier molecular flexibility index (Phi) is 12.9. The lowest BCUT2D eigenvalue weighted by Crippen LogP contribution is -2.10. The zero-order valence-electron chi connectivity index (χ0n) is 46.8. The van der Waals surface area contributed by atoms with Crippen LogP contribution in [0.2, 0.25) is 0 Å². The minimum Gasteiger partial charge on any atom is -0.311 e. The van der Waals surface area contributed by atoms with Crippen LogP contribution in [0.1, 0.15) is 0 Å². The molecule has 0 bridgehead atoms. The molecule has 4 aromatic heterocycles. The van der Waals surface area contributed by atoms with Gasteiger partial charge in [0.2, 0.25) is 0 Å². The van der Waals surface area contributed by atoms with Crippen LogP contribution in [-0.4, -0.2) is 9.13 Å². The monoisotopic (exact) mass is 1130 g/mol. The van der Waals surface area contributed by atoms with Crippen LogP contribution in [0.5, 0.6) is 0 Å². The van der Waals surface area contributed by atoms with Crippen LogP contribution in [0.15, 0.2) is 328 Å². The number of thiophene rings is 2. The summed E-state index contributed by atoms with van der Waals surface area (Å²) in [7, 11) is 0. The molecular formula is C80H54N4S2. The molecule has 0 saturated carbocycles. The molecule has 12 aromatic carbocycles. The maximum absolute atomic E-state index is 2.38. The number of hydrogen-bond donors (Lipinski definition) is 0. The standard InChI is InChI=1S/C80H54N4S2/c1-3-15-57(16-4-1)77-51-53-79(85-77)59-31-39-63(40-32-59)81(64-41-33-60(34-42-64)80-54-52-78(86-80)58-17-5-2-6-18-58)61-35-27-55(28-36-61)56-29-37-62(38-30-56)82(65-43-47-67(48-44-65)83-73-23-11-7-19-69(73)70-20-8-12-24-74(70)83)66-45-49-68(50-46-66)84-75-25-13-9-21-71(75)72-22-10-14-26-76(72)84/h1-54H. The molecule has 0 amide bonds. The summed E-state index contributed by atoms with van der Waals surface area (Å²) in [5.74, 6) is 0. The molecule has 0 aliphatic carbocycles. The van der Waals surface area contributed by atoms with Crippen molar-refractivity contribution in [3.05, 3.63) is 328 Å². The van der Waals surface area contributed by atoms with Gasteiger partial charge < -0.3 is 18.9 Å². The second-order valence-corrected chi connectivity index (χ2v) is 23.9. The molecule has 0 radical (unpaired) electrons. The molecular weight excluding hydrogens is 1080 g/mol. The first-order valence-electron chi connectivity index (χ1n) is 29.1. The van der Waals surface area contributed by atoms with Crippen molar-refractivity contribution in [3.63, 3.8) is 0 Å². The Balaban J connectivity index is 0.735. The van der Waals surface area contributed by atoms with Gasteiger partial charge >= 0.3 is 0 Å². The molecule has 0 fully saturated rings. The van der Waals surface area contributed by atoms with Gasteiger partial charge in [-0.25, -0.2) is 0 Å². The van der Waals surface area contributed by atoms with Crippen LogP contribution in [-0.2, 0) is 0 Å². The first-order chi connectivity index (χ1) is 42.6. The zero-order chi connectivity index (χ0) is 56.9. The summed E-state index contributed by atoms with van der Waals surface area (Å²) in [6.45, 7) is 0. The zero-order valence-corrected chi connectivity index (χ0v) is 48.4. The Morgan fingerprint density at radius 1 is 0.186 bits per heavy atom. The number of para-hydroxylation sites is 4. The molecule has 0 aliphatic rings. The van der Waals surface area contributed by atoms with Crippen molar-refractivity contribution in [2.24, 2.45) is 0 Å². The van der Waals surface area contributed by atoms with E-state index in [1.807, 2.05) is 22.7 Å². The average molecular weight is 1140 g/mol. The molecule has 0 atom stereocenters. The van der Waals surface area contributed by atoms with E-state index in [1.54, 1.807) is 0 Å². The molecule has 0 spiro atoms. The van der Waals surface area contributed by atoms with E-state index in [0.29, 0.717) is 0 Å². The number of hydrogen-bond acceptors (Lipinski definition) is 4. The van der Waals surface area contributed by atoms with E-state index >= 15 is 0 Å².